The largest absolute Gasteiger partial charge is 0.462 e. The van der Waals surface area contributed by atoms with Gasteiger partial charge in [-0.1, -0.05) is 29.4 Å². The molecule has 0 atom stereocenters. The maximum Gasteiger partial charge on any atom is 0.338 e. The van der Waals surface area contributed by atoms with E-state index >= 15 is 0 Å². The van der Waals surface area contributed by atoms with Gasteiger partial charge >= 0.3 is 5.97 Å². The molecule has 0 aliphatic rings. The lowest BCUT2D eigenvalue weighted by atomic mass is 10.2. The van der Waals surface area contributed by atoms with Gasteiger partial charge in [0.05, 0.1) is 23.6 Å². The van der Waals surface area contributed by atoms with Crippen molar-refractivity contribution in [3.05, 3.63) is 64.9 Å². The molecule has 1 amide bonds. The summed E-state index contributed by atoms with van der Waals surface area (Å²) in [5.41, 5.74) is 2.83. The highest BCUT2D eigenvalue weighted by molar-refractivity contribution is 7.99. The van der Waals surface area contributed by atoms with Crippen LogP contribution >= 0.6 is 23.4 Å². The summed E-state index contributed by atoms with van der Waals surface area (Å²) >= 11 is 7.46. The third kappa shape index (κ3) is 5.36. The van der Waals surface area contributed by atoms with Crippen molar-refractivity contribution in [2.75, 3.05) is 17.7 Å². The van der Waals surface area contributed by atoms with E-state index in [0.29, 0.717) is 28.0 Å². The molecule has 1 N–H and O–H groups in total. The average Bonchev–Trinajstić information content (AvgIpc) is 3.18. The van der Waals surface area contributed by atoms with Crippen LogP contribution < -0.4 is 5.32 Å². The summed E-state index contributed by atoms with van der Waals surface area (Å²) in [7, 11) is 0. The van der Waals surface area contributed by atoms with Crippen molar-refractivity contribution in [3.8, 4) is 5.69 Å². The van der Waals surface area contributed by atoms with Crippen molar-refractivity contribution in [3.63, 3.8) is 0 Å². The fraction of sp³-hybridized carbons (Fsp3) is 0.200. The topological polar surface area (TPSA) is 86.1 Å². The number of aryl methyl sites for hydroxylation is 1. The van der Waals surface area contributed by atoms with Crippen LogP contribution in [0.5, 0.6) is 0 Å². The number of aromatic nitrogens is 3. The second kappa shape index (κ2) is 9.58. The number of nitrogens with zero attached hydrogens (tertiary/aromatic N) is 3. The summed E-state index contributed by atoms with van der Waals surface area (Å²) in [6, 6.07) is 12.2. The highest BCUT2D eigenvalue weighted by atomic mass is 35.5. The fourth-order valence-electron chi connectivity index (χ4n) is 2.46. The molecule has 0 saturated heterocycles. The van der Waals surface area contributed by atoms with Gasteiger partial charge in [-0.25, -0.2) is 4.79 Å². The quantitative estimate of drug-likeness (QED) is 0.448. The monoisotopic (exact) mass is 430 g/mol. The molecule has 150 valence electrons. The summed E-state index contributed by atoms with van der Waals surface area (Å²) < 4.78 is 6.71. The predicted octanol–water partition coefficient (Wildman–Crippen LogP) is 4.14. The normalized spacial score (nSPS) is 10.6. The van der Waals surface area contributed by atoms with Crippen molar-refractivity contribution in [1.82, 2.24) is 14.8 Å². The fourth-order valence-corrected chi connectivity index (χ4v) is 3.37. The van der Waals surface area contributed by atoms with E-state index in [0.717, 1.165) is 11.3 Å². The van der Waals surface area contributed by atoms with Crippen molar-refractivity contribution >= 4 is 40.9 Å². The Morgan fingerprint density at radius 1 is 1.21 bits per heavy atom. The van der Waals surface area contributed by atoms with Crippen molar-refractivity contribution < 1.29 is 14.3 Å². The number of amides is 1. The molecule has 0 aliphatic carbocycles. The van der Waals surface area contributed by atoms with E-state index in [1.165, 1.54) is 11.8 Å². The summed E-state index contributed by atoms with van der Waals surface area (Å²) in [6.45, 7) is 3.99. The van der Waals surface area contributed by atoms with Gasteiger partial charge in [0.15, 0.2) is 5.16 Å². The molecule has 3 aromatic rings. The minimum Gasteiger partial charge on any atom is -0.462 e. The first-order chi connectivity index (χ1) is 14.0. The first-order valence-electron chi connectivity index (χ1n) is 8.84. The van der Waals surface area contributed by atoms with Crippen molar-refractivity contribution in [2.24, 2.45) is 0 Å². The van der Waals surface area contributed by atoms with E-state index in [-0.39, 0.29) is 11.7 Å². The average molecular weight is 431 g/mol. The number of hydrogen-bond acceptors (Lipinski definition) is 6. The van der Waals surface area contributed by atoms with E-state index in [2.05, 4.69) is 15.5 Å². The molecule has 0 unspecified atom stereocenters. The molecule has 9 heteroatoms. The van der Waals surface area contributed by atoms with Crippen molar-refractivity contribution in [1.29, 1.82) is 0 Å². The van der Waals surface area contributed by atoms with Crippen LogP contribution in [0.1, 0.15) is 22.8 Å². The van der Waals surface area contributed by atoms with Crippen LogP contribution in [0, 0.1) is 6.92 Å². The van der Waals surface area contributed by atoms with Crippen LogP contribution in [-0.4, -0.2) is 39.0 Å². The number of ether oxygens (including phenoxy) is 1. The van der Waals surface area contributed by atoms with Crippen LogP contribution in [0.4, 0.5) is 5.69 Å². The first kappa shape index (κ1) is 20.9. The van der Waals surface area contributed by atoms with E-state index in [9.17, 15) is 9.59 Å². The van der Waals surface area contributed by atoms with Gasteiger partial charge in [-0.15, -0.1) is 10.2 Å². The Labute approximate surface area is 177 Å². The molecule has 0 bridgehead atoms. The summed E-state index contributed by atoms with van der Waals surface area (Å²) in [4.78, 5) is 23.9. The Hall–Kier alpha value is -2.84. The Morgan fingerprint density at radius 2 is 1.97 bits per heavy atom. The second-order valence-electron chi connectivity index (χ2n) is 6.05. The summed E-state index contributed by atoms with van der Waals surface area (Å²) in [5, 5.41) is 12.0. The second-order valence-corrected chi connectivity index (χ2v) is 7.40. The van der Waals surface area contributed by atoms with Crippen LogP contribution in [0.3, 0.4) is 0 Å². The van der Waals surface area contributed by atoms with Gasteiger partial charge in [0.2, 0.25) is 5.91 Å². The van der Waals surface area contributed by atoms with E-state index < -0.39 is 5.97 Å². The van der Waals surface area contributed by atoms with Crippen molar-refractivity contribution in [2.45, 2.75) is 19.0 Å². The minimum atomic E-state index is -0.392. The lowest BCUT2D eigenvalue weighted by Crippen LogP contribution is -2.14. The number of nitrogens with one attached hydrogen (secondary N) is 1. The lowest BCUT2D eigenvalue weighted by molar-refractivity contribution is -0.113. The molecule has 1 heterocycles. The van der Waals surface area contributed by atoms with Gasteiger partial charge in [-0.05, 0) is 55.8 Å². The Balaban J connectivity index is 1.60. The zero-order valence-corrected chi connectivity index (χ0v) is 17.5. The first-order valence-corrected chi connectivity index (χ1v) is 10.2. The molecule has 2 aromatic carbocycles. The van der Waals surface area contributed by atoms with Gasteiger partial charge in [0.25, 0.3) is 0 Å². The van der Waals surface area contributed by atoms with Crippen LogP contribution in [-0.2, 0) is 9.53 Å². The number of carbonyl (C=O) groups excluding carboxylic acids is 2. The molecule has 1 aromatic heterocycles. The van der Waals surface area contributed by atoms with Gasteiger partial charge in [0, 0.05) is 10.7 Å². The van der Waals surface area contributed by atoms with Gasteiger partial charge in [0.1, 0.15) is 6.33 Å². The predicted molar refractivity (Wildman–Crippen MR) is 113 cm³/mol. The van der Waals surface area contributed by atoms with Crippen LogP contribution in [0.25, 0.3) is 5.69 Å². The number of thioether (sulfide) groups is 1. The summed E-state index contributed by atoms with van der Waals surface area (Å²) in [6.07, 6.45) is 1.58. The Morgan fingerprint density at radius 3 is 2.66 bits per heavy atom. The zero-order valence-electron chi connectivity index (χ0n) is 15.9. The zero-order chi connectivity index (χ0) is 20.8. The molecular formula is C20H19ClN4O3S. The number of rotatable bonds is 7. The van der Waals surface area contributed by atoms with E-state index in [1.807, 2.05) is 25.1 Å². The molecule has 0 radical (unpaired) electrons. The maximum atomic E-state index is 12.3. The molecule has 0 spiro atoms. The number of esters is 1. The molecule has 29 heavy (non-hydrogen) atoms. The number of anilines is 1. The number of hydrogen-bond donors (Lipinski definition) is 1. The van der Waals surface area contributed by atoms with Crippen LogP contribution in [0.2, 0.25) is 5.02 Å². The molecule has 7 nitrogen and oxygen atoms in total. The lowest BCUT2D eigenvalue weighted by Gasteiger charge is -2.09. The standard InChI is InChI=1S/C20H19ClN4O3S/c1-3-28-19(27)14-5-7-15(8-6-14)23-18(26)11-29-20-24-22-12-25(20)16-9-4-13(2)17(21)10-16/h4-10,12H,3,11H2,1-2H3,(H,23,26). The van der Waals surface area contributed by atoms with Gasteiger partial charge in [-0.2, -0.15) is 0 Å². The molecular weight excluding hydrogens is 412 g/mol. The molecule has 0 fully saturated rings. The third-order valence-electron chi connectivity index (χ3n) is 3.96. The highest BCUT2D eigenvalue weighted by Crippen LogP contribution is 2.24. The maximum absolute atomic E-state index is 12.3. The van der Waals surface area contributed by atoms with E-state index in [1.54, 1.807) is 42.1 Å². The molecule has 3 rings (SSSR count). The molecule has 0 aliphatic heterocycles. The Bertz CT molecular complexity index is 1020. The van der Waals surface area contributed by atoms with Gasteiger partial charge in [-0.3, -0.25) is 9.36 Å². The smallest absolute Gasteiger partial charge is 0.338 e. The highest BCUT2D eigenvalue weighted by Gasteiger charge is 2.12. The summed E-state index contributed by atoms with van der Waals surface area (Å²) in [5.74, 6) is -0.440. The Kier molecular flexibility index (Phi) is 6.90. The number of benzene rings is 2. The minimum absolute atomic E-state index is 0.151. The number of carbonyl (C=O) groups is 2. The molecule has 0 saturated carbocycles. The SMILES string of the molecule is CCOC(=O)c1ccc(NC(=O)CSc2nncn2-c2ccc(C)c(Cl)c2)cc1. The van der Waals surface area contributed by atoms with E-state index in [4.69, 9.17) is 16.3 Å². The van der Waals surface area contributed by atoms with Crippen LogP contribution in [0.15, 0.2) is 53.9 Å². The van der Waals surface area contributed by atoms with Gasteiger partial charge < -0.3 is 10.1 Å². The number of halogens is 1. The third-order valence-corrected chi connectivity index (χ3v) is 5.31.